The zero-order valence-corrected chi connectivity index (χ0v) is 10.5. The van der Waals surface area contributed by atoms with E-state index < -0.39 is 0 Å². The molecule has 1 unspecified atom stereocenters. The smallest absolute Gasteiger partial charge is 0.307 e. The van der Waals surface area contributed by atoms with E-state index in [2.05, 4.69) is 19.2 Å². The van der Waals surface area contributed by atoms with Gasteiger partial charge in [0.05, 0.1) is 13.0 Å². The topological polar surface area (TPSA) is 38.3 Å². The van der Waals surface area contributed by atoms with Crippen molar-refractivity contribution >= 4 is 5.97 Å². The lowest BCUT2D eigenvalue weighted by molar-refractivity contribution is -0.143. The van der Waals surface area contributed by atoms with Crippen LogP contribution in [0.25, 0.3) is 0 Å². The van der Waals surface area contributed by atoms with E-state index in [1.807, 2.05) is 13.8 Å². The first-order valence-corrected chi connectivity index (χ1v) is 5.95. The van der Waals surface area contributed by atoms with Gasteiger partial charge in [-0.1, -0.05) is 13.8 Å². The first kappa shape index (κ1) is 14.4. The Hall–Kier alpha value is -0.570. The quantitative estimate of drug-likeness (QED) is 0.499. The summed E-state index contributed by atoms with van der Waals surface area (Å²) in [5.74, 6) is 0.647. The second kappa shape index (κ2) is 8.72. The standard InChI is InChI=1S/C12H25NO2/c1-5-15-12(14)9-11(4)13-8-6-7-10(2)3/h10-11,13H,5-9H2,1-4H3. The number of nitrogens with one attached hydrogen (secondary N) is 1. The molecule has 0 heterocycles. The Balaban J connectivity index is 3.40. The van der Waals surface area contributed by atoms with Gasteiger partial charge >= 0.3 is 5.97 Å². The van der Waals surface area contributed by atoms with Crippen LogP contribution in [0.5, 0.6) is 0 Å². The van der Waals surface area contributed by atoms with Gasteiger partial charge in [-0.05, 0) is 39.2 Å². The molecule has 0 radical (unpaired) electrons. The van der Waals surface area contributed by atoms with Gasteiger partial charge in [-0.15, -0.1) is 0 Å². The van der Waals surface area contributed by atoms with Crippen LogP contribution in [0.2, 0.25) is 0 Å². The summed E-state index contributed by atoms with van der Waals surface area (Å²) in [6.45, 7) is 9.76. The molecule has 0 rings (SSSR count). The van der Waals surface area contributed by atoms with Crippen molar-refractivity contribution in [2.45, 2.75) is 53.0 Å². The molecular weight excluding hydrogens is 190 g/mol. The van der Waals surface area contributed by atoms with Crippen LogP contribution in [0.3, 0.4) is 0 Å². The summed E-state index contributed by atoms with van der Waals surface area (Å²) in [5.41, 5.74) is 0. The Morgan fingerprint density at radius 2 is 2.00 bits per heavy atom. The fourth-order valence-corrected chi connectivity index (χ4v) is 1.40. The minimum absolute atomic E-state index is 0.110. The van der Waals surface area contributed by atoms with E-state index in [1.165, 1.54) is 12.8 Å². The molecule has 0 spiro atoms. The third kappa shape index (κ3) is 9.73. The highest BCUT2D eigenvalue weighted by atomic mass is 16.5. The average molecular weight is 215 g/mol. The van der Waals surface area contributed by atoms with E-state index in [1.54, 1.807) is 0 Å². The fourth-order valence-electron chi connectivity index (χ4n) is 1.40. The van der Waals surface area contributed by atoms with Crippen LogP contribution in [-0.2, 0) is 9.53 Å². The third-order valence-corrected chi connectivity index (χ3v) is 2.23. The van der Waals surface area contributed by atoms with Crippen molar-refractivity contribution in [3.63, 3.8) is 0 Å². The number of ether oxygens (including phenoxy) is 1. The van der Waals surface area contributed by atoms with Gasteiger partial charge < -0.3 is 10.1 Å². The summed E-state index contributed by atoms with van der Waals surface area (Å²) >= 11 is 0. The lowest BCUT2D eigenvalue weighted by Gasteiger charge is -2.13. The van der Waals surface area contributed by atoms with Crippen LogP contribution < -0.4 is 5.32 Å². The Morgan fingerprint density at radius 3 is 2.53 bits per heavy atom. The molecular formula is C12H25NO2. The predicted octanol–water partition coefficient (Wildman–Crippen LogP) is 2.35. The lowest BCUT2D eigenvalue weighted by atomic mass is 10.1. The number of esters is 1. The second-order valence-electron chi connectivity index (χ2n) is 4.40. The summed E-state index contributed by atoms with van der Waals surface area (Å²) in [4.78, 5) is 11.1. The van der Waals surface area contributed by atoms with Crippen molar-refractivity contribution < 1.29 is 9.53 Å². The van der Waals surface area contributed by atoms with Crippen LogP contribution in [0.4, 0.5) is 0 Å². The maximum absolute atomic E-state index is 11.1. The maximum atomic E-state index is 11.1. The largest absolute Gasteiger partial charge is 0.466 e. The number of hydrogen-bond acceptors (Lipinski definition) is 3. The SMILES string of the molecule is CCOC(=O)CC(C)NCCCC(C)C. The van der Waals surface area contributed by atoms with Crippen molar-refractivity contribution in [1.29, 1.82) is 0 Å². The van der Waals surface area contributed by atoms with Gasteiger partial charge in [0.2, 0.25) is 0 Å². The first-order valence-electron chi connectivity index (χ1n) is 5.95. The average Bonchev–Trinajstić information content (AvgIpc) is 2.12. The van der Waals surface area contributed by atoms with E-state index in [-0.39, 0.29) is 12.0 Å². The minimum atomic E-state index is -0.110. The van der Waals surface area contributed by atoms with E-state index in [0.29, 0.717) is 13.0 Å². The monoisotopic (exact) mass is 215 g/mol. The number of carbonyl (C=O) groups excluding carboxylic acids is 1. The Kier molecular flexibility index (Phi) is 8.38. The van der Waals surface area contributed by atoms with E-state index in [4.69, 9.17) is 4.74 Å². The number of carbonyl (C=O) groups is 1. The molecule has 0 saturated heterocycles. The van der Waals surface area contributed by atoms with Crippen LogP contribution in [0.15, 0.2) is 0 Å². The van der Waals surface area contributed by atoms with Crippen LogP contribution in [0.1, 0.15) is 47.0 Å². The van der Waals surface area contributed by atoms with Gasteiger partial charge in [0.15, 0.2) is 0 Å². The normalized spacial score (nSPS) is 12.9. The van der Waals surface area contributed by atoms with Crippen molar-refractivity contribution in [2.24, 2.45) is 5.92 Å². The van der Waals surface area contributed by atoms with Crippen molar-refractivity contribution in [3.05, 3.63) is 0 Å². The molecule has 0 fully saturated rings. The molecule has 0 aromatic heterocycles. The van der Waals surface area contributed by atoms with Gasteiger partial charge in [0, 0.05) is 6.04 Å². The zero-order valence-electron chi connectivity index (χ0n) is 10.5. The minimum Gasteiger partial charge on any atom is -0.466 e. The predicted molar refractivity (Wildman–Crippen MR) is 62.8 cm³/mol. The molecule has 0 bridgehead atoms. The number of rotatable bonds is 8. The van der Waals surface area contributed by atoms with Crippen LogP contribution in [-0.4, -0.2) is 25.2 Å². The molecule has 1 atom stereocenters. The molecule has 0 aliphatic heterocycles. The highest BCUT2D eigenvalue weighted by Crippen LogP contribution is 2.02. The molecule has 90 valence electrons. The molecule has 1 N–H and O–H groups in total. The molecule has 0 aliphatic carbocycles. The summed E-state index contributed by atoms with van der Waals surface area (Å²) in [6.07, 6.45) is 2.87. The van der Waals surface area contributed by atoms with Gasteiger partial charge in [0.1, 0.15) is 0 Å². The summed E-state index contributed by atoms with van der Waals surface area (Å²) < 4.78 is 4.88. The Bertz CT molecular complexity index is 169. The molecule has 0 saturated carbocycles. The van der Waals surface area contributed by atoms with Gasteiger partial charge in [0.25, 0.3) is 0 Å². The van der Waals surface area contributed by atoms with Crippen molar-refractivity contribution in [1.82, 2.24) is 5.32 Å². The van der Waals surface area contributed by atoms with Crippen molar-refractivity contribution in [3.8, 4) is 0 Å². The maximum Gasteiger partial charge on any atom is 0.307 e. The summed E-state index contributed by atoms with van der Waals surface area (Å²) in [7, 11) is 0. The molecule has 0 aliphatic rings. The van der Waals surface area contributed by atoms with Gasteiger partial charge in [-0.3, -0.25) is 4.79 Å². The molecule has 15 heavy (non-hydrogen) atoms. The first-order chi connectivity index (χ1) is 7.06. The van der Waals surface area contributed by atoms with Gasteiger partial charge in [-0.25, -0.2) is 0 Å². The highest BCUT2D eigenvalue weighted by Gasteiger charge is 2.08. The van der Waals surface area contributed by atoms with Gasteiger partial charge in [-0.2, -0.15) is 0 Å². The number of hydrogen-bond donors (Lipinski definition) is 1. The third-order valence-electron chi connectivity index (χ3n) is 2.23. The summed E-state index contributed by atoms with van der Waals surface area (Å²) in [5, 5.41) is 3.33. The molecule has 0 aromatic carbocycles. The zero-order chi connectivity index (χ0) is 11.7. The second-order valence-corrected chi connectivity index (χ2v) is 4.40. The summed E-state index contributed by atoms with van der Waals surface area (Å²) in [6, 6.07) is 0.219. The Morgan fingerprint density at radius 1 is 1.33 bits per heavy atom. The highest BCUT2D eigenvalue weighted by molar-refractivity contribution is 5.69. The lowest BCUT2D eigenvalue weighted by Crippen LogP contribution is -2.30. The van der Waals surface area contributed by atoms with Crippen LogP contribution in [0, 0.1) is 5.92 Å². The molecule has 0 aromatic rings. The van der Waals surface area contributed by atoms with Crippen LogP contribution >= 0.6 is 0 Å². The molecule has 3 heteroatoms. The molecule has 3 nitrogen and oxygen atoms in total. The Labute approximate surface area is 93.6 Å². The van der Waals surface area contributed by atoms with E-state index in [9.17, 15) is 4.79 Å². The van der Waals surface area contributed by atoms with E-state index in [0.717, 1.165) is 12.5 Å². The molecule has 0 amide bonds. The van der Waals surface area contributed by atoms with Crippen molar-refractivity contribution in [2.75, 3.05) is 13.2 Å². The fraction of sp³-hybridized carbons (Fsp3) is 0.917. The van der Waals surface area contributed by atoms with E-state index >= 15 is 0 Å².